The molecule has 1 saturated heterocycles. The Morgan fingerprint density at radius 2 is 2.35 bits per heavy atom. The molecule has 1 aliphatic rings. The fourth-order valence-corrected chi connectivity index (χ4v) is 2.34. The molecule has 1 aromatic carbocycles. The van der Waals surface area contributed by atoms with Crippen molar-refractivity contribution in [3.63, 3.8) is 0 Å². The molecule has 0 spiro atoms. The standard InChI is InChI=1S/C16H22N2O2/c1-16(19)7-9-18(13-16)10-11-20-15-6-2-4-14(12-15)5-3-8-17/h2,4,6,12,19H,7-11,13,17H2,1H3. The highest BCUT2D eigenvalue weighted by Crippen LogP contribution is 2.20. The van der Waals surface area contributed by atoms with E-state index in [0.29, 0.717) is 13.2 Å². The van der Waals surface area contributed by atoms with E-state index in [9.17, 15) is 5.11 Å². The summed E-state index contributed by atoms with van der Waals surface area (Å²) in [5, 5.41) is 9.89. The first-order valence-corrected chi connectivity index (χ1v) is 6.96. The van der Waals surface area contributed by atoms with Gasteiger partial charge in [-0.05, 0) is 31.5 Å². The number of nitrogens with zero attached hydrogens (tertiary/aromatic N) is 1. The first-order chi connectivity index (χ1) is 9.59. The van der Waals surface area contributed by atoms with Gasteiger partial charge >= 0.3 is 0 Å². The molecule has 20 heavy (non-hydrogen) atoms. The highest BCUT2D eigenvalue weighted by Gasteiger charge is 2.30. The molecule has 0 saturated carbocycles. The van der Waals surface area contributed by atoms with E-state index in [1.165, 1.54) is 0 Å². The highest BCUT2D eigenvalue weighted by atomic mass is 16.5. The minimum atomic E-state index is -0.544. The van der Waals surface area contributed by atoms with Crippen molar-refractivity contribution in [2.45, 2.75) is 18.9 Å². The van der Waals surface area contributed by atoms with Crippen LogP contribution >= 0.6 is 0 Å². The molecule has 4 heteroatoms. The number of rotatable bonds is 4. The van der Waals surface area contributed by atoms with Crippen LogP contribution in [0.1, 0.15) is 18.9 Å². The first-order valence-electron chi connectivity index (χ1n) is 6.96. The third-order valence-corrected chi connectivity index (χ3v) is 3.38. The van der Waals surface area contributed by atoms with E-state index >= 15 is 0 Å². The maximum atomic E-state index is 9.89. The van der Waals surface area contributed by atoms with Crippen LogP contribution in [0, 0.1) is 11.8 Å². The molecule has 108 valence electrons. The molecule has 2 rings (SSSR count). The molecule has 4 nitrogen and oxygen atoms in total. The number of nitrogens with two attached hydrogens (primary N) is 1. The lowest BCUT2D eigenvalue weighted by molar-refractivity contribution is 0.0670. The Hall–Kier alpha value is -1.54. The number of aliphatic hydroxyl groups is 1. The van der Waals surface area contributed by atoms with E-state index in [-0.39, 0.29) is 0 Å². The summed E-state index contributed by atoms with van der Waals surface area (Å²) in [6, 6.07) is 7.71. The molecule has 0 bridgehead atoms. The number of hydrogen-bond acceptors (Lipinski definition) is 4. The Labute approximate surface area is 120 Å². The lowest BCUT2D eigenvalue weighted by Crippen LogP contribution is -2.32. The number of hydrogen-bond donors (Lipinski definition) is 2. The third kappa shape index (κ3) is 4.53. The minimum absolute atomic E-state index is 0.361. The molecule has 1 fully saturated rings. The van der Waals surface area contributed by atoms with Crippen LogP contribution < -0.4 is 10.5 Å². The molecule has 1 atom stereocenters. The van der Waals surface area contributed by atoms with Gasteiger partial charge in [0, 0.05) is 25.2 Å². The predicted octanol–water partition coefficient (Wildman–Crippen LogP) is 0.832. The van der Waals surface area contributed by atoms with Gasteiger partial charge in [-0.25, -0.2) is 0 Å². The van der Waals surface area contributed by atoms with Crippen LogP contribution in [0.25, 0.3) is 0 Å². The fourth-order valence-electron chi connectivity index (χ4n) is 2.34. The molecule has 1 aromatic rings. The van der Waals surface area contributed by atoms with Crippen LogP contribution in [0.4, 0.5) is 0 Å². The number of likely N-dealkylation sites (tertiary alicyclic amines) is 1. The lowest BCUT2D eigenvalue weighted by atomic mass is 10.1. The van der Waals surface area contributed by atoms with E-state index in [2.05, 4.69) is 16.7 Å². The van der Waals surface area contributed by atoms with E-state index in [1.807, 2.05) is 31.2 Å². The Bertz CT molecular complexity index is 503. The molecule has 0 radical (unpaired) electrons. The van der Waals surface area contributed by atoms with Gasteiger partial charge in [-0.2, -0.15) is 0 Å². The monoisotopic (exact) mass is 274 g/mol. The number of β-amino-alcohol motifs (C(OH)–C–C–N with tert-alkyl or cyclic N) is 1. The zero-order valence-electron chi connectivity index (χ0n) is 11.9. The van der Waals surface area contributed by atoms with Crippen molar-refractivity contribution in [2.24, 2.45) is 5.73 Å². The van der Waals surface area contributed by atoms with Crippen LogP contribution in [0.15, 0.2) is 24.3 Å². The Kier molecular flexibility index (Phi) is 5.02. The van der Waals surface area contributed by atoms with Crippen molar-refractivity contribution in [2.75, 3.05) is 32.8 Å². The van der Waals surface area contributed by atoms with E-state index in [0.717, 1.165) is 37.4 Å². The average molecular weight is 274 g/mol. The van der Waals surface area contributed by atoms with Crippen molar-refractivity contribution in [1.82, 2.24) is 4.90 Å². The van der Waals surface area contributed by atoms with Crippen LogP contribution in [0.2, 0.25) is 0 Å². The van der Waals surface area contributed by atoms with Crippen molar-refractivity contribution in [1.29, 1.82) is 0 Å². The van der Waals surface area contributed by atoms with Crippen molar-refractivity contribution >= 4 is 0 Å². The summed E-state index contributed by atoms with van der Waals surface area (Å²) in [5.41, 5.74) is 5.73. The van der Waals surface area contributed by atoms with Crippen LogP contribution in [-0.2, 0) is 0 Å². The van der Waals surface area contributed by atoms with Gasteiger partial charge in [-0.1, -0.05) is 17.9 Å². The second-order valence-electron chi connectivity index (χ2n) is 5.41. The molecule has 0 aliphatic carbocycles. The first kappa shape index (κ1) is 14.9. The molecule has 0 amide bonds. The maximum absolute atomic E-state index is 9.89. The van der Waals surface area contributed by atoms with Gasteiger partial charge in [-0.15, -0.1) is 0 Å². The summed E-state index contributed by atoms with van der Waals surface area (Å²) in [4.78, 5) is 2.22. The normalized spacial score (nSPS) is 22.4. The zero-order valence-corrected chi connectivity index (χ0v) is 11.9. The van der Waals surface area contributed by atoms with Crippen molar-refractivity contribution in [3.8, 4) is 17.6 Å². The summed E-state index contributed by atoms with van der Waals surface area (Å²) >= 11 is 0. The van der Waals surface area contributed by atoms with Gasteiger partial charge in [0.1, 0.15) is 12.4 Å². The lowest BCUT2D eigenvalue weighted by Gasteiger charge is -2.18. The van der Waals surface area contributed by atoms with Gasteiger partial charge in [0.15, 0.2) is 0 Å². The largest absolute Gasteiger partial charge is 0.492 e. The topological polar surface area (TPSA) is 58.7 Å². The van der Waals surface area contributed by atoms with Crippen molar-refractivity contribution < 1.29 is 9.84 Å². The molecule has 1 heterocycles. The Morgan fingerprint density at radius 3 is 3.05 bits per heavy atom. The smallest absolute Gasteiger partial charge is 0.120 e. The van der Waals surface area contributed by atoms with E-state index in [1.54, 1.807) is 0 Å². The highest BCUT2D eigenvalue weighted by molar-refractivity contribution is 5.39. The molecule has 1 unspecified atom stereocenters. The summed E-state index contributed by atoms with van der Waals surface area (Å²) in [5.74, 6) is 6.64. The summed E-state index contributed by atoms with van der Waals surface area (Å²) < 4.78 is 5.73. The third-order valence-electron chi connectivity index (χ3n) is 3.38. The maximum Gasteiger partial charge on any atom is 0.120 e. The zero-order chi connectivity index (χ0) is 14.4. The fraction of sp³-hybridized carbons (Fsp3) is 0.500. The van der Waals surface area contributed by atoms with Gasteiger partial charge in [0.25, 0.3) is 0 Å². The van der Waals surface area contributed by atoms with E-state index in [4.69, 9.17) is 10.5 Å². The van der Waals surface area contributed by atoms with Gasteiger partial charge in [0.2, 0.25) is 0 Å². The van der Waals surface area contributed by atoms with Crippen LogP contribution in [0.5, 0.6) is 5.75 Å². The molecule has 1 aliphatic heterocycles. The Morgan fingerprint density at radius 1 is 1.50 bits per heavy atom. The quantitative estimate of drug-likeness (QED) is 0.799. The molecular weight excluding hydrogens is 252 g/mol. The molecule has 3 N–H and O–H groups in total. The summed E-state index contributed by atoms with van der Waals surface area (Å²) in [6.45, 7) is 5.34. The van der Waals surface area contributed by atoms with Crippen LogP contribution in [0.3, 0.4) is 0 Å². The molecule has 0 aromatic heterocycles. The summed E-state index contributed by atoms with van der Waals surface area (Å²) in [6.07, 6.45) is 0.831. The predicted molar refractivity (Wildman–Crippen MR) is 79.6 cm³/mol. The van der Waals surface area contributed by atoms with E-state index < -0.39 is 5.60 Å². The van der Waals surface area contributed by atoms with Gasteiger partial charge in [-0.3, -0.25) is 4.90 Å². The van der Waals surface area contributed by atoms with Gasteiger partial charge < -0.3 is 15.6 Å². The van der Waals surface area contributed by atoms with Gasteiger partial charge in [0.05, 0.1) is 12.1 Å². The summed E-state index contributed by atoms with van der Waals surface area (Å²) in [7, 11) is 0. The SMILES string of the molecule is CC1(O)CCN(CCOc2cccc(C#CCN)c2)C1. The number of ether oxygens (including phenoxy) is 1. The van der Waals surface area contributed by atoms with Crippen LogP contribution in [-0.4, -0.2) is 48.4 Å². The molecular formula is C16H22N2O2. The Balaban J connectivity index is 1.80. The minimum Gasteiger partial charge on any atom is -0.492 e. The second-order valence-corrected chi connectivity index (χ2v) is 5.41. The number of benzene rings is 1. The average Bonchev–Trinajstić information content (AvgIpc) is 2.76. The van der Waals surface area contributed by atoms with Crippen molar-refractivity contribution in [3.05, 3.63) is 29.8 Å². The second kappa shape index (κ2) is 6.76.